The Labute approximate surface area is 117 Å². The second-order valence-corrected chi connectivity index (χ2v) is 6.13. The average Bonchev–Trinajstić information content (AvgIpc) is 2.38. The number of carbonyl (C=O) groups excluding carboxylic acids is 1. The molecule has 0 spiro atoms. The molecule has 20 heavy (non-hydrogen) atoms. The summed E-state index contributed by atoms with van der Waals surface area (Å²) >= 11 is 0. The molecule has 0 aliphatic heterocycles. The van der Waals surface area contributed by atoms with Gasteiger partial charge in [0.25, 0.3) is 0 Å². The minimum atomic E-state index is -3.75. The molecule has 1 atom stereocenters. The molecule has 0 aromatic heterocycles. The topological polar surface area (TPSA) is 87.3 Å². The lowest BCUT2D eigenvalue weighted by molar-refractivity contribution is -0.114. The van der Waals surface area contributed by atoms with Crippen LogP contribution in [0.25, 0.3) is 0 Å². The summed E-state index contributed by atoms with van der Waals surface area (Å²) < 4.78 is 39.9. The molecule has 0 radical (unpaired) electrons. The number of hydrogen-bond acceptors (Lipinski definition) is 4. The SMILES string of the molecule is CNC(C)CNS(=O)(=O)c1ccc(F)c(NC(C)=O)c1. The van der Waals surface area contributed by atoms with Gasteiger partial charge in [0, 0.05) is 19.5 Å². The van der Waals surface area contributed by atoms with E-state index >= 15 is 0 Å². The lowest BCUT2D eigenvalue weighted by Gasteiger charge is -2.13. The van der Waals surface area contributed by atoms with Gasteiger partial charge >= 0.3 is 0 Å². The van der Waals surface area contributed by atoms with Crippen molar-refractivity contribution in [2.75, 3.05) is 18.9 Å². The monoisotopic (exact) mass is 303 g/mol. The van der Waals surface area contributed by atoms with Crippen LogP contribution in [0, 0.1) is 5.82 Å². The molecule has 112 valence electrons. The second kappa shape index (κ2) is 6.78. The van der Waals surface area contributed by atoms with Crippen molar-refractivity contribution in [3.05, 3.63) is 24.0 Å². The molecule has 1 rings (SSSR count). The summed E-state index contributed by atoms with van der Waals surface area (Å²) in [5, 5.41) is 5.13. The fraction of sp³-hybridized carbons (Fsp3) is 0.417. The van der Waals surface area contributed by atoms with Crippen LogP contribution in [-0.2, 0) is 14.8 Å². The van der Waals surface area contributed by atoms with E-state index in [-0.39, 0.29) is 23.2 Å². The van der Waals surface area contributed by atoms with E-state index in [1.54, 1.807) is 7.05 Å². The molecule has 0 aliphatic carbocycles. The van der Waals surface area contributed by atoms with Crippen LogP contribution < -0.4 is 15.4 Å². The van der Waals surface area contributed by atoms with E-state index in [0.717, 1.165) is 18.2 Å². The summed E-state index contributed by atoms with van der Waals surface area (Å²) in [6, 6.07) is 3.19. The van der Waals surface area contributed by atoms with Gasteiger partial charge in [-0.05, 0) is 32.2 Å². The summed E-state index contributed by atoms with van der Waals surface area (Å²) in [6.07, 6.45) is 0. The van der Waals surface area contributed by atoms with Gasteiger partial charge in [0.05, 0.1) is 10.6 Å². The Morgan fingerprint density at radius 2 is 2.05 bits per heavy atom. The molecule has 8 heteroatoms. The zero-order valence-corrected chi connectivity index (χ0v) is 12.3. The molecule has 1 aromatic rings. The van der Waals surface area contributed by atoms with Crippen molar-refractivity contribution < 1.29 is 17.6 Å². The van der Waals surface area contributed by atoms with Crippen LogP contribution in [0.5, 0.6) is 0 Å². The van der Waals surface area contributed by atoms with Gasteiger partial charge in [-0.2, -0.15) is 0 Å². The Kier molecular flexibility index (Phi) is 5.61. The first-order valence-electron chi connectivity index (χ1n) is 6.00. The Bertz CT molecular complexity index is 590. The highest BCUT2D eigenvalue weighted by Crippen LogP contribution is 2.19. The molecule has 6 nitrogen and oxygen atoms in total. The first-order valence-corrected chi connectivity index (χ1v) is 7.48. The van der Waals surface area contributed by atoms with Gasteiger partial charge in [-0.3, -0.25) is 4.79 Å². The van der Waals surface area contributed by atoms with E-state index in [1.165, 1.54) is 6.92 Å². The summed E-state index contributed by atoms with van der Waals surface area (Å²) in [6.45, 7) is 3.23. The van der Waals surface area contributed by atoms with Gasteiger partial charge in [0.15, 0.2) is 0 Å². The largest absolute Gasteiger partial charge is 0.324 e. The predicted molar refractivity (Wildman–Crippen MR) is 74.4 cm³/mol. The second-order valence-electron chi connectivity index (χ2n) is 4.36. The van der Waals surface area contributed by atoms with Crippen molar-refractivity contribution in [2.45, 2.75) is 24.8 Å². The van der Waals surface area contributed by atoms with Crippen LogP contribution in [0.1, 0.15) is 13.8 Å². The minimum absolute atomic E-state index is 0.0416. The fourth-order valence-electron chi connectivity index (χ4n) is 1.38. The van der Waals surface area contributed by atoms with E-state index in [1.807, 2.05) is 6.92 Å². The van der Waals surface area contributed by atoms with Crippen LogP contribution >= 0.6 is 0 Å². The quantitative estimate of drug-likeness (QED) is 0.721. The fourth-order valence-corrected chi connectivity index (χ4v) is 2.53. The number of anilines is 1. The summed E-state index contributed by atoms with van der Waals surface area (Å²) in [5.74, 6) is -1.17. The summed E-state index contributed by atoms with van der Waals surface area (Å²) in [4.78, 5) is 10.8. The minimum Gasteiger partial charge on any atom is -0.324 e. The molecule has 0 heterocycles. The number of amides is 1. The normalized spacial score (nSPS) is 13.0. The molecular formula is C12H18FN3O3S. The molecular weight excluding hydrogens is 285 g/mol. The van der Waals surface area contributed by atoms with Crippen LogP contribution in [-0.4, -0.2) is 34.0 Å². The highest BCUT2D eigenvalue weighted by atomic mass is 32.2. The zero-order chi connectivity index (χ0) is 15.3. The maximum atomic E-state index is 13.4. The summed E-state index contributed by atoms with van der Waals surface area (Å²) in [5.41, 5.74) is -0.165. The number of benzene rings is 1. The van der Waals surface area contributed by atoms with Crippen molar-refractivity contribution in [1.82, 2.24) is 10.0 Å². The maximum Gasteiger partial charge on any atom is 0.240 e. The number of halogens is 1. The highest BCUT2D eigenvalue weighted by molar-refractivity contribution is 7.89. The Hall–Kier alpha value is -1.51. The van der Waals surface area contributed by atoms with Crippen LogP contribution in [0.4, 0.5) is 10.1 Å². The number of carbonyl (C=O) groups is 1. The Balaban J connectivity index is 2.98. The van der Waals surface area contributed by atoms with Crippen molar-refractivity contribution in [3.63, 3.8) is 0 Å². The van der Waals surface area contributed by atoms with Gasteiger partial charge in [-0.15, -0.1) is 0 Å². The molecule has 0 bridgehead atoms. The molecule has 0 saturated carbocycles. The third kappa shape index (κ3) is 4.55. The Morgan fingerprint density at radius 3 is 2.60 bits per heavy atom. The van der Waals surface area contributed by atoms with E-state index < -0.39 is 21.7 Å². The number of nitrogens with one attached hydrogen (secondary N) is 3. The van der Waals surface area contributed by atoms with Gasteiger partial charge in [0.1, 0.15) is 5.82 Å². The van der Waals surface area contributed by atoms with Gasteiger partial charge in [-0.1, -0.05) is 0 Å². The highest BCUT2D eigenvalue weighted by Gasteiger charge is 2.17. The van der Waals surface area contributed by atoms with Crippen molar-refractivity contribution in [2.24, 2.45) is 0 Å². The molecule has 0 aliphatic rings. The van der Waals surface area contributed by atoms with E-state index in [4.69, 9.17) is 0 Å². The predicted octanol–water partition coefficient (Wildman–Crippen LogP) is 0.670. The first-order chi connectivity index (χ1) is 9.26. The van der Waals surface area contributed by atoms with Gasteiger partial charge in [0.2, 0.25) is 15.9 Å². The first kappa shape index (κ1) is 16.5. The van der Waals surface area contributed by atoms with E-state index in [0.29, 0.717) is 0 Å². The average molecular weight is 303 g/mol. The van der Waals surface area contributed by atoms with Crippen LogP contribution in [0.2, 0.25) is 0 Å². The lowest BCUT2D eigenvalue weighted by Crippen LogP contribution is -2.37. The standard InChI is InChI=1S/C12H18FN3O3S/c1-8(14-3)7-15-20(18,19)10-4-5-11(13)12(6-10)16-9(2)17/h4-6,8,14-15H,7H2,1-3H3,(H,16,17). The van der Waals surface area contributed by atoms with Crippen molar-refractivity contribution in [1.29, 1.82) is 0 Å². The Morgan fingerprint density at radius 1 is 1.40 bits per heavy atom. The number of sulfonamides is 1. The molecule has 0 fully saturated rings. The molecule has 1 aromatic carbocycles. The number of likely N-dealkylation sites (N-methyl/N-ethyl adjacent to an activating group) is 1. The van der Waals surface area contributed by atoms with Crippen molar-refractivity contribution in [3.8, 4) is 0 Å². The molecule has 1 unspecified atom stereocenters. The maximum absolute atomic E-state index is 13.4. The lowest BCUT2D eigenvalue weighted by atomic mass is 10.3. The third-order valence-electron chi connectivity index (χ3n) is 2.63. The van der Waals surface area contributed by atoms with Gasteiger partial charge in [-0.25, -0.2) is 17.5 Å². The summed E-state index contributed by atoms with van der Waals surface area (Å²) in [7, 11) is -2.03. The third-order valence-corrected chi connectivity index (χ3v) is 4.05. The molecule has 1 amide bonds. The van der Waals surface area contributed by atoms with Crippen LogP contribution in [0.3, 0.4) is 0 Å². The van der Waals surface area contributed by atoms with E-state index in [9.17, 15) is 17.6 Å². The zero-order valence-electron chi connectivity index (χ0n) is 11.5. The van der Waals surface area contributed by atoms with Crippen molar-refractivity contribution >= 4 is 21.6 Å². The number of hydrogen-bond donors (Lipinski definition) is 3. The van der Waals surface area contributed by atoms with E-state index in [2.05, 4.69) is 15.4 Å². The molecule has 0 saturated heterocycles. The molecule has 3 N–H and O–H groups in total. The smallest absolute Gasteiger partial charge is 0.240 e. The number of rotatable bonds is 6. The van der Waals surface area contributed by atoms with Crippen LogP contribution in [0.15, 0.2) is 23.1 Å². The van der Waals surface area contributed by atoms with Gasteiger partial charge < -0.3 is 10.6 Å².